The summed E-state index contributed by atoms with van der Waals surface area (Å²) in [6, 6.07) is 9.25. The van der Waals surface area contributed by atoms with Gasteiger partial charge in [-0.25, -0.2) is 0 Å². The molecule has 4 nitrogen and oxygen atoms in total. The van der Waals surface area contributed by atoms with Crippen LogP contribution in [-0.2, 0) is 4.79 Å². The molecule has 0 radical (unpaired) electrons. The van der Waals surface area contributed by atoms with Crippen molar-refractivity contribution in [1.82, 2.24) is 5.32 Å². The first-order valence-corrected chi connectivity index (χ1v) is 6.38. The lowest BCUT2D eigenvalue weighted by molar-refractivity contribution is -0.123. The third-order valence-corrected chi connectivity index (χ3v) is 3.29. The van der Waals surface area contributed by atoms with Gasteiger partial charge in [-0.1, -0.05) is 24.6 Å². The molecule has 1 aromatic rings. The number of rotatable bonds is 5. The highest BCUT2D eigenvalue weighted by atomic mass is 16.5. The van der Waals surface area contributed by atoms with Crippen molar-refractivity contribution in [2.45, 2.75) is 25.4 Å². The Balaban J connectivity index is 1.66. The smallest absolute Gasteiger partial charge is 0.257 e. The summed E-state index contributed by atoms with van der Waals surface area (Å²) in [5, 5.41) is 12.4. The van der Waals surface area contributed by atoms with Crippen LogP contribution in [0.1, 0.15) is 19.3 Å². The van der Waals surface area contributed by atoms with Crippen LogP contribution < -0.4 is 10.1 Å². The van der Waals surface area contributed by atoms with Gasteiger partial charge in [0.1, 0.15) is 5.75 Å². The van der Waals surface area contributed by atoms with Gasteiger partial charge < -0.3 is 15.2 Å². The minimum absolute atomic E-state index is 0.0207. The first kappa shape index (κ1) is 12.9. The SMILES string of the molecule is O=C(COc1ccccc1)NCC1CCCC1O. The first-order valence-electron chi connectivity index (χ1n) is 6.38. The monoisotopic (exact) mass is 249 g/mol. The summed E-state index contributed by atoms with van der Waals surface area (Å²) in [6.45, 7) is 0.560. The normalized spacial score (nSPS) is 22.7. The Hall–Kier alpha value is -1.55. The van der Waals surface area contributed by atoms with E-state index in [2.05, 4.69) is 5.32 Å². The van der Waals surface area contributed by atoms with Crippen molar-refractivity contribution < 1.29 is 14.6 Å². The summed E-state index contributed by atoms with van der Waals surface area (Å²) >= 11 is 0. The molecule has 2 rings (SSSR count). The van der Waals surface area contributed by atoms with Crippen molar-refractivity contribution in [2.75, 3.05) is 13.2 Å². The van der Waals surface area contributed by atoms with Crippen molar-refractivity contribution in [3.05, 3.63) is 30.3 Å². The molecule has 4 heteroatoms. The number of hydrogen-bond donors (Lipinski definition) is 2. The van der Waals surface area contributed by atoms with Gasteiger partial charge >= 0.3 is 0 Å². The van der Waals surface area contributed by atoms with Gasteiger partial charge in [-0.05, 0) is 25.0 Å². The molecule has 2 atom stereocenters. The molecule has 1 aliphatic carbocycles. The molecule has 18 heavy (non-hydrogen) atoms. The predicted molar refractivity (Wildman–Crippen MR) is 68.3 cm³/mol. The minimum Gasteiger partial charge on any atom is -0.484 e. The lowest BCUT2D eigenvalue weighted by Gasteiger charge is -2.15. The molecule has 0 spiro atoms. The van der Waals surface area contributed by atoms with E-state index in [1.165, 1.54) is 0 Å². The fraction of sp³-hybridized carbons (Fsp3) is 0.500. The van der Waals surface area contributed by atoms with Gasteiger partial charge in [0.25, 0.3) is 5.91 Å². The highest BCUT2D eigenvalue weighted by molar-refractivity contribution is 5.77. The standard InChI is InChI=1S/C14H19NO3/c16-13-8-4-5-11(13)9-15-14(17)10-18-12-6-2-1-3-7-12/h1-3,6-7,11,13,16H,4-5,8-10H2,(H,15,17). The maximum absolute atomic E-state index is 11.6. The molecule has 1 saturated carbocycles. The molecule has 0 aliphatic heterocycles. The largest absolute Gasteiger partial charge is 0.484 e. The topological polar surface area (TPSA) is 58.6 Å². The number of carbonyl (C=O) groups is 1. The Morgan fingerprint density at radius 1 is 1.33 bits per heavy atom. The highest BCUT2D eigenvalue weighted by Gasteiger charge is 2.25. The quantitative estimate of drug-likeness (QED) is 0.828. The molecular formula is C14H19NO3. The zero-order valence-corrected chi connectivity index (χ0v) is 10.3. The van der Waals surface area contributed by atoms with Crippen LogP contribution in [0.15, 0.2) is 30.3 Å². The van der Waals surface area contributed by atoms with E-state index in [0.29, 0.717) is 12.3 Å². The summed E-state index contributed by atoms with van der Waals surface area (Å²) in [5.41, 5.74) is 0. The van der Waals surface area contributed by atoms with Gasteiger partial charge in [0.05, 0.1) is 6.10 Å². The van der Waals surface area contributed by atoms with Crippen LogP contribution in [0.4, 0.5) is 0 Å². The van der Waals surface area contributed by atoms with E-state index in [-0.39, 0.29) is 24.5 Å². The number of nitrogens with one attached hydrogen (secondary N) is 1. The fourth-order valence-electron chi connectivity index (χ4n) is 2.22. The first-order chi connectivity index (χ1) is 8.75. The van der Waals surface area contributed by atoms with Crippen molar-refractivity contribution in [3.63, 3.8) is 0 Å². The predicted octanol–water partition coefficient (Wildman–Crippen LogP) is 1.34. The molecule has 0 aromatic heterocycles. The third-order valence-electron chi connectivity index (χ3n) is 3.29. The van der Waals surface area contributed by atoms with E-state index in [9.17, 15) is 9.90 Å². The molecule has 1 aromatic carbocycles. The number of aliphatic hydroxyl groups excluding tert-OH is 1. The van der Waals surface area contributed by atoms with Crippen LogP contribution in [0.5, 0.6) is 5.75 Å². The summed E-state index contributed by atoms with van der Waals surface area (Å²) in [4.78, 5) is 11.6. The second kappa shape index (κ2) is 6.40. The van der Waals surface area contributed by atoms with Gasteiger partial charge in [0.2, 0.25) is 0 Å². The second-order valence-corrected chi connectivity index (χ2v) is 4.66. The molecular weight excluding hydrogens is 230 g/mol. The number of amides is 1. The van der Waals surface area contributed by atoms with Gasteiger partial charge in [0.15, 0.2) is 6.61 Å². The molecule has 98 valence electrons. The lowest BCUT2D eigenvalue weighted by atomic mass is 10.1. The van der Waals surface area contributed by atoms with E-state index >= 15 is 0 Å². The Labute approximate surface area is 107 Å². The van der Waals surface area contributed by atoms with Crippen molar-refractivity contribution in [1.29, 1.82) is 0 Å². The molecule has 1 amide bonds. The van der Waals surface area contributed by atoms with E-state index in [1.807, 2.05) is 30.3 Å². The Morgan fingerprint density at radius 2 is 2.11 bits per heavy atom. The van der Waals surface area contributed by atoms with Gasteiger partial charge in [-0.3, -0.25) is 4.79 Å². The summed E-state index contributed by atoms with van der Waals surface area (Å²) in [6.07, 6.45) is 2.62. The second-order valence-electron chi connectivity index (χ2n) is 4.66. The molecule has 1 aliphatic rings. The molecule has 0 saturated heterocycles. The molecule has 2 N–H and O–H groups in total. The molecule has 0 heterocycles. The van der Waals surface area contributed by atoms with Crippen molar-refractivity contribution >= 4 is 5.91 Å². The third kappa shape index (κ3) is 3.74. The summed E-state index contributed by atoms with van der Waals surface area (Å²) in [7, 11) is 0. The van der Waals surface area contributed by atoms with Crippen LogP contribution in [-0.4, -0.2) is 30.3 Å². The van der Waals surface area contributed by atoms with Crippen LogP contribution >= 0.6 is 0 Å². The maximum Gasteiger partial charge on any atom is 0.257 e. The van der Waals surface area contributed by atoms with Crippen molar-refractivity contribution in [2.24, 2.45) is 5.92 Å². The van der Waals surface area contributed by atoms with E-state index in [0.717, 1.165) is 19.3 Å². The number of benzene rings is 1. The minimum atomic E-state index is -0.264. The van der Waals surface area contributed by atoms with Crippen molar-refractivity contribution in [3.8, 4) is 5.75 Å². The van der Waals surface area contributed by atoms with Crippen LogP contribution in [0.2, 0.25) is 0 Å². The number of ether oxygens (including phenoxy) is 1. The fourth-order valence-corrected chi connectivity index (χ4v) is 2.22. The Bertz CT molecular complexity index is 380. The number of para-hydroxylation sites is 1. The summed E-state index contributed by atoms with van der Waals surface area (Å²) < 4.78 is 5.34. The van der Waals surface area contributed by atoms with Gasteiger partial charge in [-0.15, -0.1) is 0 Å². The van der Waals surface area contributed by atoms with Gasteiger partial charge in [-0.2, -0.15) is 0 Å². The number of carbonyl (C=O) groups excluding carboxylic acids is 1. The Morgan fingerprint density at radius 3 is 2.78 bits per heavy atom. The lowest BCUT2D eigenvalue weighted by Crippen LogP contribution is -2.35. The van der Waals surface area contributed by atoms with Crippen LogP contribution in [0.3, 0.4) is 0 Å². The summed E-state index contributed by atoms with van der Waals surface area (Å²) in [5.74, 6) is 0.747. The molecule has 0 bridgehead atoms. The van der Waals surface area contributed by atoms with E-state index < -0.39 is 0 Å². The maximum atomic E-state index is 11.6. The zero-order chi connectivity index (χ0) is 12.8. The van der Waals surface area contributed by atoms with E-state index in [4.69, 9.17) is 4.74 Å². The molecule has 1 fully saturated rings. The average molecular weight is 249 g/mol. The highest BCUT2D eigenvalue weighted by Crippen LogP contribution is 2.24. The van der Waals surface area contributed by atoms with E-state index in [1.54, 1.807) is 0 Å². The van der Waals surface area contributed by atoms with Gasteiger partial charge in [0, 0.05) is 12.5 Å². The van der Waals surface area contributed by atoms with Crippen LogP contribution in [0, 0.1) is 5.92 Å². The number of aliphatic hydroxyl groups is 1. The average Bonchev–Trinajstić information content (AvgIpc) is 2.81. The molecule has 2 unspecified atom stereocenters. The Kier molecular flexibility index (Phi) is 4.59. The van der Waals surface area contributed by atoms with Crippen LogP contribution in [0.25, 0.3) is 0 Å². The zero-order valence-electron chi connectivity index (χ0n) is 10.3. The number of hydrogen-bond acceptors (Lipinski definition) is 3.